The van der Waals surface area contributed by atoms with Gasteiger partial charge in [-0.2, -0.15) is 0 Å². The summed E-state index contributed by atoms with van der Waals surface area (Å²) in [7, 11) is 0. The molecule has 4 nitrogen and oxygen atoms in total. The molecule has 0 saturated heterocycles. The Balaban J connectivity index is 2.24. The molecule has 0 bridgehead atoms. The molecule has 0 amide bonds. The number of rotatable bonds is 12. The number of hydrogen-bond acceptors (Lipinski definition) is 3. The summed E-state index contributed by atoms with van der Waals surface area (Å²) < 4.78 is 0. The van der Waals surface area contributed by atoms with Gasteiger partial charge < -0.3 is 10.2 Å². The number of Topliss-reactive ketones (excluding diaryl/α,β-unsaturated/α-hetero) is 1. The van der Waals surface area contributed by atoms with Crippen molar-refractivity contribution >= 4 is 11.8 Å². The molecule has 24 heavy (non-hydrogen) atoms. The average Bonchev–Trinajstić information content (AvgIpc) is 2.79. The summed E-state index contributed by atoms with van der Waals surface area (Å²) in [5, 5.41) is 18.6. The van der Waals surface area contributed by atoms with E-state index < -0.39 is 12.1 Å². The molecule has 1 saturated carbocycles. The maximum absolute atomic E-state index is 12.1. The molecule has 3 atom stereocenters. The van der Waals surface area contributed by atoms with Crippen molar-refractivity contribution in [3.63, 3.8) is 0 Å². The fourth-order valence-corrected chi connectivity index (χ4v) is 3.32. The van der Waals surface area contributed by atoms with E-state index >= 15 is 0 Å². The first-order chi connectivity index (χ1) is 11.6. The third-order valence-corrected chi connectivity index (χ3v) is 4.71. The smallest absolute Gasteiger partial charge is 0.303 e. The van der Waals surface area contributed by atoms with Gasteiger partial charge in [-0.3, -0.25) is 9.59 Å². The number of aliphatic hydroxyl groups is 1. The van der Waals surface area contributed by atoms with Gasteiger partial charge in [-0.05, 0) is 44.4 Å². The topological polar surface area (TPSA) is 74.6 Å². The van der Waals surface area contributed by atoms with E-state index in [-0.39, 0.29) is 24.0 Å². The zero-order valence-corrected chi connectivity index (χ0v) is 14.8. The number of allylic oxidation sites excluding steroid dienone is 4. The highest BCUT2D eigenvalue weighted by molar-refractivity contribution is 5.84. The Kier molecular flexibility index (Phi) is 10.3. The third-order valence-electron chi connectivity index (χ3n) is 4.71. The number of unbranched alkanes of at least 4 members (excludes halogenated alkanes) is 4. The van der Waals surface area contributed by atoms with Gasteiger partial charge in [0, 0.05) is 18.8 Å². The Morgan fingerprint density at radius 2 is 1.79 bits per heavy atom. The monoisotopic (exact) mass is 336 g/mol. The highest BCUT2D eigenvalue weighted by Gasteiger charge is 2.39. The van der Waals surface area contributed by atoms with E-state index in [1.165, 1.54) is 0 Å². The summed E-state index contributed by atoms with van der Waals surface area (Å²) in [6, 6.07) is 0. The van der Waals surface area contributed by atoms with Crippen LogP contribution in [0, 0.1) is 11.8 Å². The van der Waals surface area contributed by atoms with Crippen LogP contribution in [0.25, 0.3) is 0 Å². The van der Waals surface area contributed by atoms with Crippen LogP contribution in [0.15, 0.2) is 24.3 Å². The molecule has 1 aliphatic carbocycles. The van der Waals surface area contributed by atoms with Crippen LogP contribution < -0.4 is 0 Å². The molecule has 0 aromatic heterocycles. The molecule has 0 spiro atoms. The molecule has 1 fully saturated rings. The lowest BCUT2D eigenvalue weighted by atomic mass is 9.88. The molecule has 2 N–H and O–H groups in total. The number of carboxylic acids is 1. The zero-order valence-electron chi connectivity index (χ0n) is 14.8. The van der Waals surface area contributed by atoms with Gasteiger partial charge >= 0.3 is 5.97 Å². The first kappa shape index (κ1) is 20.6. The Hall–Kier alpha value is -1.42. The summed E-state index contributed by atoms with van der Waals surface area (Å²) in [5.74, 6) is -0.522. The molecule has 0 aromatic rings. The number of hydrogen-bond donors (Lipinski definition) is 2. The van der Waals surface area contributed by atoms with Gasteiger partial charge in [-0.1, -0.05) is 44.1 Å². The first-order valence-electron chi connectivity index (χ1n) is 9.28. The van der Waals surface area contributed by atoms with Crippen molar-refractivity contribution in [1.29, 1.82) is 0 Å². The second kappa shape index (κ2) is 12.0. The Bertz CT molecular complexity index is 439. The summed E-state index contributed by atoms with van der Waals surface area (Å²) in [5.41, 5.74) is 0. The summed E-state index contributed by atoms with van der Waals surface area (Å²) in [6.45, 7) is 2.08. The summed E-state index contributed by atoms with van der Waals surface area (Å²) in [4.78, 5) is 22.5. The first-order valence-corrected chi connectivity index (χ1v) is 9.28. The van der Waals surface area contributed by atoms with Crippen molar-refractivity contribution in [3.8, 4) is 0 Å². The molecule has 0 unspecified atom stereocenters. The van der Waals surface area contributed by atoms with E-state index in [4.69, 9.17) is 5.11 Å². The van der Waals surface area contributed by atoms with Crippen LogP contribution in [-0.2, 0) is 9.59 Å². The highest BCUT2D eigenvalue weighted by atomic mass is 16.4. The van der Waals surface area contributed by atoms with Crippen molar-refractivity contribution in [2.45, 2.75) is 77.2 Å². The van der Waals surface area contributed by atoms with Crippen molar-refractivity contribution in [1.82, 2.24) is 0 Å². The molecule has 136 valence electrons. The SMILES string of the molecule is CC/C=C/C[C@H]1[C@H](O)CC(=O)[C@@H]1C/C=C/CCCCCCC(=O)O. The lowest BCUT2D eigenvalue weighted by Crippen LogP contribution is -2.19. The van der Waals surface area contributed by atoms with E-state index in [9.17, 15) is 14.7 Å². The number of aliphatic carboxylic acids is 1. The third kappa shape index (κ3) is 7.91. The van der Waals surface area contributed by atoms with E-state index in [2.05, 4.69) is 31.2 Å². The number of carboxylic acid groups (broad SMARTS) is 1. The number of aliphatic hydroxyl groups excluding tert-OH is 1. The van der Waals surface area contributed by atoms with Crippen LogP contribution in [0.5, 0.6) is 0 Å². The number of carbonyl (C=O) groups excluding carboxylic acids is 1. The van der Waals surface area contributed by atoms with Gasteiger partial charge in [0.2, 0.25) is 0 Å². The quantitative estimate of drug-likeness (QED) is 0.412. The Morgan fingerprint density at radius 3 is 2.50 bits per heavy atom. The maximum atomic E-state index is 12.1. The predicted molar refractivity (Wildman–Crippen MR) is 95.8 cm³/mol. The van der Waals surface area contributed by atoms with E-state index in [1.54, 1.807) is 0 Å². The molecule has 0 radical (unpaired) electrons. The second-order valence-corrected chi connectivity index (χ2v) is 6.68. The van der Waals surface area contributed by atoms with Gasteiger partial charge in [-0.15, -0.1) is 0 Å². The van der Waals surface area contributed by atoms with Crippen LogP contribution in [-0.4, -0.2) is 28.1 Å². The zero-order chi connectivity index (χ0) is 17.8. The molecule has 1 aliphatic rings. The lowest BCUT2D eigenvalue weighted by Gasteiger charge is -2.18. The van der Waals surface area contributed by atoms with Crippen molar-refractivity contribution in [2.24, 2.45) is 11.8 Å². The minimum absolute atomic E-state index is 0.0478. The van der Waals surface area contributed by atoms with Crippen molar-refractivity contribution in [3.05, 3.63) is 24.3 Å². The van der Waals surface area contributed by atoms with E-state index in [0.717, 1.165) is 51.4 Å². The van der Waals surface area contributed by atoms with Gasteiger partial charge in [0.15, 0.2) is 0 Å². The lowest BCUT2D eigenvalue weighted by molar-refractivity contribution is -0.137. The van der Waals surface area contributed by atoms with Gasteiger partial charge in [0.1, 0.15) is 5.78 Å². The van der Waals surface area contributed by atoms with Gasteiger partial charge in [0.25, 0.3) is 0 Å². The van der Waals surface area contributed by atoms with Crippen LogP contribution in [0.3, 0.4) is 0 Å². The van der Waals surface area contributed by atoms with Crippen molar-refractivity contribution in [2.75, 3.05) is 0 Å². The standard InChI is InChI=1S/C20H32O4/c1-2-3-9-12-16-17(19(22)15-18(16)21)13-10-7-5-4-6-8-11-14-20(23)24/h3,7,9-10,16-18,21H,2,4-6,8,11-15H2,1H3,(H,23,24)/b9-3+,10-7+/t16-,17-,18-/m1/s1. The molecule has 4 heteroatoms. The fraction of sp³-hybridized carbons (Fsp3) is 0.700. The van der Waals surface area contributed by atoms with Crippen LogP contribution in [0.1, 0.15) is 71.1 Å². The van der Waals surface area contributed by atoms with Gasteiger partial charge in [0.05, 0.1) is 6.10 Å². The largest absolute Gasteiger partial charge is 0.481 e. The van der Waals surface area contributed by atoms with Gasteiger partial charge in [-0.25, -0.2) is 0 Å². The number of carbonyl (C=O) groups is 2. The molecular weight excluding hydrogens is 304 g/mol. The highest BCUT2D eigenvalue weighted by Crippen LogP contribution is 2.34. The van der Waals surface area contributed by atoms with E-state index in [0.29, 0.717) is 6.42 Å². The normalized spacial score (nSPS) is 24.4. The van der Waals surface area contributed by atoms with Crippen LogP contribution >= 0.6 is 0 Å². The molecule has 1 rings (SSSR count). The van der Waals surface area contributed by atoms with Crippen LogP contribution in [0.4, 0.5) is 0 Å². The maximum Gasteiger partial charge on any atom is 0.303 e. The molecule has 0 heterocycles. The molecular formula is C20H32O4. The molecule has 0 aliphatic heterocycles. The second-order valence-electron chi connectivity index (χ2n) is 6.68. The number of ketones is 1. The van der Waals surface area contributed by atoms with Crippen LogP contribution in [0.2, 0.25) is 0 Å². The predicted octanol–water partition coefficient (Wildman–Crippen LogP) is 4.28. The Labute approximate surface area is 145 Å². The minimum Gasteiger partial charge on any atom is -0.481 e. The molecule has 0 aromatic carbocycles. The van der Waals surface area contributed by atoms with Crippen molar-refractivity contribution < 1.29 is 19.8 Å². The Morgan fingerprint density at radius 1 is 1.08 bits per heavy atom. The average molecular weight is 336 g/mol. The van der Waals surface area contributed by atoms with E-state index in [1.807, 2.05) is 0 Å². The minimum atomic E-state index is -0.721. The fourth-order valence-electron chi connectivity index (χ4n) is 3.32. The summed E-state index contributed by atoms with van der Waals surface area (Å²) in [6.07, 6.45) is 15.7. The summed E-state index contributed by atoms with van der Waals surface area (Å²) >= 11 is 0.